The van der Waals surface area contributed by atoms with Gasteiger partial charge in [-0.3, -0.25) is 4.79 Å². The van der Waals surface area contributed by atoms with Crippen LogP contribution in [-0.4, -0.2) is 44.2 Å². The summed E-state index contributed by atoms with van der Waals surface area (Å²) in [4.78, 5) is 14.5. The Morgan fingerprint density at radius 1 is 1.32 bits per heavy atom. The number of nitrogens with zero attached hydrogens (tertiary/aromatic N) is 1. The number of amides is 1. The molecule has 0 spiro atoms. The molecule has 1 aromatic carbocycles. The van der Waals surface area contributed by atoms with Crippen molar-refractivity contribution in [3.05, 3.63) is 35.9 Å². The molecular weight excluding hydrogens is 276 g/mol. The lowest BCUT2D eigenvalue weighted by atomic mass is 9.72. The maximum absolute atomic E-state index is 12.5. The molecule has 0 radical (unpaired) electrons. The minimum absolute atomic E-state index is 0.0216. The van der Waals surface area contributed by atoms with Gasteiger partial charge < -0.3 is 15.4 Å². The van der Waals surface area contributed by atoms with E-state index in [0.29, 0.717) is 13.2 Å². The molecule has 0 aliphatic carbocycles. The van der Waals surface area contributed by atoms with E-state index in [4.69, 9.17) is 10.5 Å². The van der Waals surface area contributed by atoms with Crippen molar-refractivity contribution >= 4 is 5.91 Å². The van der Waals surface area contributed by atoms with Gasteiger partial charge >= 0.3 is 0 Å². The van der Waals surface area contributed by atoms with E-state index in [1.54, 1.807) is 7.11 Å². The number of nitrogens with two attached hydrogens (primary N) is 1. The van der Waals surface area contributed by atoms with Crippen molar-refractivity contribution in [3.63, 3.8) is 0 Å². The summed E-state index contributed by atoms with van der Waals surface area (Å²) in [5, 5.41) is 0. The van der Waals surface area contributed by atoms with Gasteiger partial charge in [0.25, 0.3) is 0 Å². The molecule has 1 unspecified atom stereocenters. The molecule has 0 aromatic heterocycles. The van der Waals surface area contributed by atoms with Crippen molar-refractivity contribution in [1.29, 1.82) is 0 Å². The quantitative estimate of drug-likeness (QED) is 0.876. The highest BCUT2D eigenvalue weighted by molar-refractivity contribution is 5.78. The second kappa shape index (κ2) is 7.75. The Kier molecular flexibility index (Phi) is 5.98. The van der Waals surface area contributed by atoms with Crippen LogP contribution in [0.4, 0.5) is 0 Å². The normalized spacial score (nSPS) is 19.0. The number of ether oxygens (including phenoxy) is 1. The summed E-state index contributed by atoms with van der Waals surface area (Å²) in [7, 11) is 1.67. The van der Waals surface area contributed by atoms with E-state index in [1.165, 1.54) is 5.56 Å². The molecule has 22 heavy (non-hydrogen) atoms. The van der Waals surface area contributed by atoms with E-state index in [0.717, 1.165) is 32.4 Å². The molecule has 0 saturated carbocycles. The van der Waals surface area contributed by atoms with Crippen LogP contribution in [0.3, 0.4) is 0 Å². The third-order valence-corrected chi connectivity index (χ3v) is 4.99. The maximum Gasteiger partial charge on any atom is 0.225 e. The zero-order chi connectivity index (χ0) is 16.0. The second-order valence-corrected chi connectivity index (χ2v) is 6.36. The van der Waals surface area contributed by atoms with Gasteiger partial charge in [-0.05, 0) is 24.8 Å². The molecule has 1 fully saturated rings. The SMILES string of the molecule is COCCC(C)C(=O)N1CCC(CN)(c2ccccc2)CC1. The number of piperidine rings is 1. The van der Waals surface area contributed by atoms with Crippen LogP contribution in [-0.2, 0) is 14.9 Å². The largest absolute Gasteiger partial charge is 0.385 e. The first-order chi connectivity index (χ1) is 10.6. The lowest BCUT2D eigenvalue weighted by Gasteiger charge is -2.42. The molecule has 2 N–H and O–H groups in total. The Morgan fingerprint density at radius 3 is 2.50 bits per heavy atom. The van der Waals surface area contributed by atoms with E-state index < -0.39 is 0 Å². The van der Waals surface area contributed by atoms with Crippen molar-refractivity contribution in [2.24, 2.45) is 11.7 Å². The molecule has 0 bridgehead atoms. The first-order valence-electron chi connectivity index (χ1n) is 8.16. The van der Waals surface area contributed by atoms with Crippen LogP contribution in [0.15, 0.2) is 30.3 Å². The van der Waals surface area contributed by atoms with Crippen molar-refractivity contribution < 1.29 is 9.53 Å². The van der Waals surface area contributed by atoms with Gasteiger partial charge in [0.2, 0.25) is 5.91 Å². The highest BCUT2D eigenvalue weighted by Crippen LogP contribution is 2.35. The summed E-state index contributed by atoms with van der Waals surface area (Å²) < 4.78 is 5.07. The molecule has 1 amide bonds. The van der Waals surface area contributed by atoms with Gasteiger partial charge in [-0.25, -0.2) is 0 Å². The summed E-state index contributed by atoms with van der Waals surface area (Å²) in [6, 6.07) is 10.5. The molecule has 1 aliphatic rings. The smallest absolute Gasteiger partial charge is 0.225 e. The lowest BCUT2D eigenvalue weighted by molar-refractivity contribution is -0.137. The average Bonchev–Trinajstić information content (AvgIpc) is 2.59. The second-order valence-electron chi connectivity index (χ2n) is 6.36. The first kappa shape index (κ1) is 17.0. The van der Waals surface area contributed by atoms with Gasteiger partial charge in [0, 0.05) is 44.7 Å². The van der Waals surface area contributed by atoms with E-state index in [1.807, 2.05) is 17.9 Å². The molecule has 122 valence electrons. The highest BCUT2D eigenvalue weighted by atomic mass is 16.5. The Labute approximate surface area is 133 Å². The minimum Gasteiger partial charge on any atom is -0.385 e. The van der Waals surface area contributed by atoms with Gasteiger partial charge in [-0.1, -0.05) is 37.3 Å². The molecule has 1 atom stereocenters. The van der Waals surface area contributed by atoms with Crippen molar-refractivity contribution in [3.8, 4) is 0 Å². The standard InChI is InChI=1S/C18H28N2O2/c1-15(8-13-22-2)17(21)20-11-9-18(14-19,10-12-20)16-6-4-3-5-7-16/h3-7,15H,8-14,19H2,1-2H3. The summed E-state index contributed by atoms with van der Waals surface area (Å²) in [6.07, 6.45) is 2.67. The van der Waals surface area contributed by atoms with E-state index in [-0.39, 0.29) is 17.2 Å². The van der Waals surface area contributed by atoms with Gasteiger partial charge in [0.1, 0.15) is 0 Å². The fraction of sp³-hybridized carbons (Fsp3) is 0.611. The van der Waals surface area contributed by atoms with Crippen LogP contribution < -0.4 is 5.73 Å². The van der Waals surface area contributed by atoms with Crippen LogP contribution >= 0.6 is 0 Å². The number of hydrogen-bond acceptors (Lipinski definition) is 3. The predicted octanol–water partition coefficient (Wildman–Crippen LogP) is 2.18. The topological polar surface area (TPSA) is 55.6 Å². The van der Waals surface area contributed by atoms with Crippen LogP contribution in [0.25, 0.3) is 0 Å². The van der Waals surface area contributed by atoms with Gasteiger partial charge in [-0.15, -0.1) is 0 Å². The van der Waals surface area contributed by atoms with Crippen LogP contribution in [0.5, 0.6) is 0 Å². The summed E-state index contributed by atoms with van der Waals surface area (Å²) >= 11 is 0. The molecule has 1 aromatic rings. The number of benzene rings is 1. The number of carbonyl (C=O) groups is 1. The number of carbonyl (C=O) groups excluding carboxylic acids is 1. The van der Waals surface area contributed by atoms with Crippen molar-refractivity contribution in [2.45, 2.75) is 31.6 Å². The zero-order valence-electron chi connectivity index (χ0n) is 13.8. The van der Waals surface area contributed by atoms with E-state index in [9.17, 15) is 4.79 Å². The first-order valence-corrected chi connectivity index (χ1v) is 8.16. The minimum atomic E-state index is 0.0216. The maximum atomic E-state index is 12.5. The lowest BCUT2D eigenvalue weighted by Crippen LogP contribution is -2.49. The predicted molar refractivity (Wildman–Crippen MR) is 88.6 cm³/mol. The third kappa shape index (κ3) is 3.68. The Bertz CT molecular complexity index is 467. The molecule has 4 nitrogen and oxygen atoms in total. The molecular formula is C18H28N2O2. The Hall–Kier alpha value is -1.39. The highest BCUT2D eigenvalue weighted by Gasteiger charge is 2.36. The van der Waals surface area contributed by atoms with Crippen molar-refractivity contribution in [2.75, 3.05) is 33.4 Å². The molecule has 4 heteroatoms. The van der Waals surface area contributed by atoms with Gasteiger partial charge in [-0.2, -0.15) is 0 Å². The Balaban J connectivity index is 1.98. The third-order valence-electron chi connectivity index (χ3n) is 4.99. The van der Waals surface area contributed by atoms with Crippen LogP contribution in [0.1, 0.15) is 31.7 Å². The monoisotopic (exact) mass is 304 g/mol. The zero-order valence-corrected chi connectivity index (χ0v) is 13.8. The number of likely N-dealkylation sites (tertiary alicyclic amines) is 1. The van der Waals surface area contributed by atoms with Crippen molar-refractivity contribution in [1.82, 2.24) is 4.90 Å². The molecule has 1 aliphatic heterocycles. The van der Waals surface area contributed by atoms with Gasteiger partial charge in [0.15, 0.2) is 0 Å². The number of methoxy groups -OCH3 is 1. The summed E-state index contributed by atoms with van der Waals surface area (Å²) in [5.74, 6) is 0.276. The molecule has 1 heterocycles. The molecule has 2 rings (SSSR count). The van der Waals surface area contributed by atoms with Crippen LogP contribution in [0, 0.1) is 5.92 Å². The summed E-state index contributed by atoms with van der Waals surface area (Å²) in [5.41, 5.74) is 7.42. The Morgan fingerprint density at radius 2 is 1.95 bits per heavy atom. The number of rotatable bonds is 6. The van der Waals surface area contributed by atoms with E-state index in [2.05, 4.69) is 24.3 Å². The van der Waals surface area contributed by atoms with Crippen LogP contribution in [0.2, 0.25) is 0 Å². The fourth-order valence-electron chi connectivity index (χ4n) is 3.29. The fourth-order valence-corrected chi connectivity index (χ4v) is 3.29. The molecule has 1 saturated heterocycles. The van der Waals surface area contributed by atoms with Gasteiger partial charge in [0.05, 0.1) is 0 Å². The average molecular weight is 304 g/mol. The number of hydrogen-bond donors (Lipinski definition) is 1. The summed E-state index contributed by atoms with van der Waals surface area (Å²) in [6.45, 7) is 4.85. The van der Waals surface area contributed by atoms with E-state index >= 15 is 0 Å².